The molecule has 1 heterocycles. The Morgan fingerprint density at radius 3 is 2.73 bits per heavy atom. The maximum Gasteiger partial charge on any atom is 0.273 e. The number of nitro groups is 1. The maximum absolute atomic E-state index is 11.9. The van der Waals surface area contributed by atoms with E-state index in [9.17, 15) is 14.9 Å². The van der Waals surface area contributed by atoms with E-state index in [0.29, 0.717) is 18.0 Å². The van der Waals surface area contributed by atoms with Crippen molar-refractivity contribution >= 4 is 11.6 Å². The molecule has 0 aliphatic carbocycles. The fraction of sp³-hybridized carbons (Fsp3) is 0.562. The highest BCUT2D eigenvalue weighted by Crippen LogP contribution is 2.19. The van der Waals surface area contributed by atoms with Gasteiger partial charge in [-0.1, -0.05) is 18.2 Å². The number of carbonyl (C=O) groups is 1. The Kier molecular flexibility index (Phi) is 5.89. The van der Waals surface area contributed by atoms with Gasteiger partial charge >= 0.3 is 0 Å². The van der Waals surface area contributed by atoms with Gasteiger partial charge in [0.1, 0.15) is 0 Å². The molecule has 2 rings (SSSR count). The zero-order valence-electron chi connectivity index (χ0n) is 13.0. The van der Waals surface area contributed by atoms with Crippen LogP contribution in [0.2, 0.25) is 0 Å². The van der Waals surface area contributed by atoms with Crippen LogP contribution in [0.3, 0.4) is 0 Å². The van der Waals surface area contributed by atoms with Gasteiger partial charge in [-0.2, -0.15) is 0 Å². The molecule has 22 heavy (non-hydrogen) atoms. The van der Waals surface area contributed by atoms with E-state index in [1.165, 1.54) is 18.9 Å². The lowest BCUT2D eigenvalue weighted by atomic mass is 9.94. The number of para-hydroxylation sites is 1. The minimum absolute atomic E-state index is 0.00738. The lowest BCUT2D eigenvalue weighted by Gasteiger charge is -2.28. The Labute approximate surface area is 130 Å². The predicted molar refractivity (Wildman–Crippen MR) is 84.6 cm³/mol. The Bertz CT molecular complexity index is 525. The summed E-state index contributed by atoms with van der Waals surface area (Å²) in [5.74, 6) is 0.518. The highest BCUT2D eigenvalue weighted by atomic mass is 16.6. The molecule has 120 valence electrons. The first-order chi connectivity index (χ1) is 10.6. The quantitative estimate of drug-likeness (QED) is 0.644. The number of rotatable bonds is 6. The minimum Gasteiger partial charge on any atom is -0.356 e. The fourth-order valence-electron chi connectivity index (χ4n) is 2.84. The number of carbonyl (C=O) groups excluding carboxylic acids is 1. The molecule has 0 bridgehead atoms. The van der Waals surface area contributed by atoms with Gasteiger partial charge in [0.2, 0.25) is 5.91 Å². The molecule has 1 saturated heterocycles. The van der Waals surface area contributed by atoms with Crippen molar-refractivity contribution in [2.24, 2.45) is 5.92 Å². The zero-order chi connectivity index (χ0) is 15.9. The second kappa shape index (κ2) is 7.89. The number of likely N-dealkylation sites (tertiary alicyclic amines) is 1. The van der Waals surface area contributed by atoms with Crippen molar-refractivity contribution in [3.8, 4) is 0 Å². The third-order valence-electron chi connectivity index (χ3n) is 4.25. The van der Waals surface area contributed by atoms with Gasteiger partial charge in [-0.25, -0.2) is 0 Å². The van der Waals surface area contributed by atoms with E-state index in [1.807, 2.05) is 0 Å². The number of nitrogens with zero attached hydrogens (tertiary/aromatic N) is 2. The third kappa shape index (κ3) is 4.80. The summed E-state index contributed by atoms with van der Waals surface area (Å²) in [4.78, 5) is 24.7. The van der Waals surface area contributed by atoms with E-state index in [4.69, 9.17) is 0 Å². The van der Waals surface area contributed by atoms with Crippen LogP contribution in [0, 0.1) is 16.0 Å². The first-order valence-electron chi connectivity index (χ1n) is 7.74. The summed E-state index contributed by atoms with van der Waals surface area (Å²) in [7, 11) is 2.13. The average molecular weight is 305 g/mol. The lowest BCUT2D eigenvalue weighted by molar-refractivity contribution is -0.385. The van der Waals surface area contributed by atoms with Crippen molar-refractivity contribution in [2.75, 3.05) is 26.7 Å². The van der Waals surface area contributed by atoms with Gasteiger partial charge in [0.05, 0.1) is 11.3 Å². The van der Waals surface area contributed by atoms with Crippen LogP contribution in [-0.2, 0) is 11.2 Å². The van der Waals surface area contributed by atoms with E-state index in [-0.39, 0.29) is 18.0 Å². The fourth-order valence-corrected chi connectivity index (χ4v) is 2.84. The molecule has 1 fully saturated rings. The first kappa shape index (κ1) is 16.4. The SMILES string of the molecule is CN1CCC(CCNC(=O)Cc2ccccc2[N+](=O)[O-])CC1. The highest BCUT2D eigenvalue weighted by Gasteiger charge is 2.18. The van der Waals surface area contributed by atoms with E-state index in [2.05, 4.69) is 17.3 Å². The van der Waals surface area contributed by atoms with E-state index >= 15 is 0 Å². The molecule has 0 spiro atoms. The monoisotopic (exact) mass is 305 g/mol. The highest BCUT2D eigenvalue weighted by molar-refractivity contribution is 5.79. The maximum atomic E-state index is 11.9. The topological polar surface area (TPSA) is 75.5 Å². The summed E-state index contributed by atoms with van der Waals surface area (Å²) in [5.41, 5.74) is 0.470. The normalized spacial score (nSPS) is 16.4. The first-order valence-corrected chi connectivity index (χ1v) is 7.74. The Morgan fingerprint density at radius 1 is 1.36 bits per heavy atom. The van der Waals surface area contributed by atoms with Crippen LogP contribution in [0.4, 0.5) is 5.69 Å². The minimum atomic E-state index is -0.443. The van der Waals surface area contributed by atoms with Gasteiger partial charge in [0.15, 0.2) is 0 Å². The number of hydrogen-bond donors (Lipinski definition) is 1. The van der Waals surface area contributed by atoms with Crippen molar-refractivity contribution < 1.29 is 9.72 Å². The van der Waals surface area contributed by atoms with Gasteiger partial charge in [0.25, 0.3) is 5.69 Å². The van der Waals surface area contributed by atoms with Gasteiger partial charge in [0, 0.05) is 18.2 Å². The number of benzene rings is 1. The summed E-state index contributed by atoms with van der Waals surface area (Å²) in [6.07, 6.45) is 3.40. The molecule has 0 radical (unpaired) electrons. The van der Waals surface area contributed by atoms with E-state index in [0.717, 1.165) is 19.5 Å². The van der Waals surface area contributed by atoms with Crippen LogP contribution in [0.15, 0.2) is 24.3 Å². The van der Waals surface area contributed by atoms with Crippen LogP contribution >= 0.6 is 0 Å². The summed E-state index contributed by atoms with van der Waals surface area (Å²) >= 11 is 0. The summed E-state index contributed by atoms with van der Waals surface area (Å²) in [5, 5.41) is 13.8. The molecule has 1 amide bonds. The van der Waals surface area contributed by atoms with Crippen molar-refractivity contribution in [3.63, 3.8) is 0 Å². The molecule has 0 aromatic heterocycles. The number of hydrogen-bond acceptors (Lipinski definition) is 4. The van der Waals surface area contributed by atoms with Crippen molar-refractivity contribution in [1.29, 1.82) is 0 Å². The van der Waals surface area contributed by atoms with Gasteiger partial charge < -0.3 is 10.2 Å². The third-order valence-corrected chi connectivity index (χ3v) is 4.25. The Morgan fingerprint density at radius 2 is 2.05 bits per heavy atom. The summed E-state index contributed by atoms with van der Waals surface area (Å²) in [6, 6.07) is 6.39. The standard InChI is InChI=1S/C16H23N3O3/c1-18-10-7-13(8-11-18)6-9-17-16(20)12-14-4-2-3-5-15(14)19(21)22/h2-5,13H,6-12H2,1H3,(H,17,20). The van der Waals surface area contributed by atoms with Crippen LogP contribution in [0.1, 0.15) is 24.8 Å². The Hall–Kier alpha value is -1.95. The molecule has 6 nitrogen and oxygen atoms in total. The molecule has 1 N–H and O–H groups in total. The molecule has 1 aliphatic rings. The summed E-state index contributed by atoms with van der Waals surface area (Å²) < 4.78 is 0. The number of nitrogens with one attached hydrogen (secondary N) is 1. The van der Waals surface area contributed by atoms with Crippen molar-refractivity contribution in [2.45, 2.75) is 25.7 Å². The van der Waals surface area contributed by atoms with E-state index in [1.54, 1.807) is 18.2 Å². The van der Waals surface area contributed by atoms with E-state index < -0.39 is 4.92 Å². The number of nitro benzene ring substituents is 1. The van der Waals surface area contributed by atoms with Gasteiger partial charge in [-0.05, 0) is 45.3 Å². The molecular formula is C16H23N3O3. The molecule has 1 aromatic rings. The largest absolute Gasteiger partial charge is 0.356 e. The smallest absolute Gasteiger partial charge is 0.273 e. The Balaban J connectivity index is 1.75. The van der Waals surface area contributed by atoms with Crippen LogP contribution in [0.25, 0.3) is 0 Å². The lowest BCUT2D eigenvalue weighted by Crippen LogP contribution is -2.33. The molecule has 0 atom stereocenters. The van der Waals surface area contributed by atoms with Crippen LogP contribution in [-0.4, -0.2) is 42.4 Å². The second-order valence-corrected chi connectivity index (χ2v) is 5.95. The van der Waals surface area contributed by atoms with Crippen molar-refractivity contribution in [3.05, 3.63) is 39.9 Å². The molecule has 0 unspecified atom stereocenters. The predicted octanol–water partition coefficient (Wildman–Crippen LogP) is 1.99. The summed E-state index contributed by atoms with van der Waals surface area (Å²) in [6.45, 7) is 2.89. The molecule has 1 aromatic carbocycles. The van der Waals surface area contributed by atoms with Crippen LogP contribution < -0.4 is 5.32 Å². The number of amides is 1. The molecule has 1 aliphatic heterocycles. The number of piperidine rings is 1. The zero-order valence-corrected chi connectivity index (χ0v) is 13.0. The molecule has 6 heteroatoms. The van der Waals surface area contributed by atoms with Gasteiger partial charge in [-0.15, -0.1) is 0 Å². The molecule has 0 saturated carbocycles. The average Bonchev–Trinajstić information content (AvgIpc) is 2.49. The molecular weight excluding hydrogens is 282 g/mol. The van der Waals surface area contributed by atoms with Crippen LogP contribution in [0.5, 0.6) is 0 Å². The van der Waals surface area contributed by atoms with Crippen molar-refractivity contribution in [1.82, 2.24) is 10.2 Å². The van der Waals surface area contributed by atoms with Gasteiger partial charge in [-0.3, -0.25) is 14.9 Å². The second-order valence-electron chi connectivity index (χ2n) is 5.95.